The lowest BCUT2D eigenvalue weighted by Crippen LogP contribution is -2.08. The SMILES string of the molecule is O=C(C=CC=C(C1=CCOCC1)c1ccc(C(F)(F)F)cc1)Nc1cccc2cnccc12. The van der Waals surface area contributed by atoms with Crippen LogP contribution >= 0.6 is 0 Å². The molecule has 0 saturated heterocycles. The molecule has 4 nitrogen and oxygen atoms in total. The van der Waals surface area contributed by atoms with Crippen molar-refractivity contribution < 1.29 is 22.7 Å². The highest BCUT2D eigenvalue weighted by Gasteiger charge is 2.30. The summed E-state index contributed by atoms with van der Waals surface area (Å²) in [6.45, 7) is 0.970. The predicted molar refractivity (Wildman–Crippen MR) is 122 cm³/mol. The van der Waals surface area contributed by atoms with Gasteiger partial charge in [0.15, 0.2) is 0 Å². The summed E-state index contributed by atoms with van der Waals surface area (Å²) in [5.41, 5.74) is 2.33. The van der Waals surface area contributed by atoms with E-state index in [0.29, 0.717) is 30.9 Å². The van der Waals surface area contributed by atoms with Crippen molar-refractivity contribution in [1.82, 2.24) is 4.98 Å². The molecule has 0 atom stereocenters. The molecule has 0 fully saturated rings. The molecule has 3 aromatic rings. The molecule has 1 aliphatic rings. The molecule has 2 aromatic carbocycles. The molecule has 0 saturated carbocycles. The van der Waals surface area contributed by atoms with Crippen LogP contribution in [0.15, 0.2) is 90.8 Å². The zero-order valence-electron chi connectivity index (χ0n) is 17.6. The monoisotopic (exact) mass is 450 g/mol. The number of ether oxygens (including phenoxy) is 1. The lowest BCUT2D eigenvalue weighted by atomic mass is 9.93. The number of benzene rings is 2. The molecule has 0 aliphatic carbocycles. The van der Waals surface area contributed by atoms with Gasteiger partial charge in [-0.3, -0.25) is 9.78 Å². The number of nitrogens with zero attached hydrogens (tertiary/aromatic N) is 1. The Morgan fingerprint density at radius 2 is 1.91 bits per heavy atom. The molecule has 2 heterocycles. The molecule has 1 aliphatic heterocycles. The summed E-state index contributed by atoms with van der Waals surface area (Å²) in [6, 6.07) is 12.4. The van der Waals surface area contributed by atoms with E-state index in [0.717, 1.165) is 34.1 Å². The highest BCUT2D eigenvalue weighted by atomic mass is 19.4. The zero-order valence-corrected chi connectivity index (χ0v) is 17.6. The molecule has 168 valence electrons. The summed E-state index contributed by atoms with van der Waals surface area (Å²) in [4.78, 5) is 16.6. The van der Waals surface area contributed by atoms with E-state index in [4.69, 9.17) is 4.74 Å². The molecule has 1 aromatic heterocycles. The van der Waals surface area contributed by atoms with Crippen LogP contribution in [0.2, 0.25) is 0 Å². The van der Waals surface area contributed by atoms with E-state index in [1.807, 2.05) is 30.3 Å². The van der Waals surface area contributed by atoms with Gasteiger partial charge in [-0.15, -0.1) is 0 Å². The molecular weight excluding hydrogens is 429 g/mol. The first-order valence-corrected chi connectivity index (χ1v) is 10.4. The number of carbonyl (C=O) groups excluding carboxylic acids is 1. The molecule has 1 amide bonds. The van der Waals surface area contributed by atoms with Gasteiger partial charge in [0.2, 0.25) is 5.91 Å². The maximum atomic E-state index is 12.9. The van der Waals surface area contributed by atoms with Crippen LogP contribution in [0.1, 0.15) is 17.5 Å². The van der Waals surface area contributed by atoms with Crippen LogP contribution in [0.3, 0.4) is 0 Å². The van der Waals surface area contributed by atoms with E-state index in [-0.39, 0.29) is 5.91 Å². The summed E-state index contributed by atoms with van der Waals surface area (Å²) in [7, 11) is 0. The number of hydrogen-bond donors (Lipinski definition) is 1. The van der Waals surface area contributed by atoms with E-state index in [1.54, 1.807) is 24.5 Å². The van der Waals surface area contributed by atoms with Crippen LogP contribution in [-0.2, 0) is 15.7 Å². The molecule has 7 heteroatoms. The van der Waals surface area contributed by atoms with Gasteiger partial charge in [-0.05, 0) is 47.4 Å². The minimum absolute atomic E-state index is 0.316. The average Bonchev–Trinajstić information content (AvgIpc) is 2.82. The van der Waals surface area contributed by atoms with Gasteiger partial charge < -0.3 is 10.1 Å². The van der Waals surface area contributed by atoms with Gasteiger partial charge in [0, 0.05) is 34.9 Å². The second-order valence-electron chi connectivity index (χ2n) is 7.46. The molecule has 0 radical (unpaired) electrons. The van der Waals surface area contributed by atoms with Gasteiger partial charge in [-0.1, -0.05) is 42.5 Å². The predicted octanol–water partition coefficient (Wildman–Crippen LogP) is 6.18. The Morgan fingerprint density at radius 3 is 2.64 bits per heavy atom. The van der Waals surface area contributed by atoms with E-state index in [1.165, 1.54) is 18.2 Å². The highest BCUT2D eigenvalue weighted by molar-refractivity contribution is 6.06. The van der Waals surface area contributed by atoms with E-state index < -0.39 is 11.7 Å². The van der Waals surface area contributed by atoms with Gasteiger partial charge in [0.25, 0.3) is 0 Å². The lowest BCUT2D eigenvalue weighted by molar-refractivity contribution is -0.137. The van der Waals surface area contributed by atoms with E-state index in [2.05, 4.69) is 10.3 Å². The Kier molecular flexibility index (Phi) is 6.70. The number of nitrogens with one attached hydrogen (secondary N) is 1. The van der Waals surface area contributed by atoms with Gasteiger partial charge in [0.05, 0.1) is 18.8 Å². The summed E-state index contributed by atoms with van der Waals surface area (Å²) in [5, 5.41) is 4.65. The Labute approximate surface area is 189 Å². The standard InChI is InChI=1S/C26H21F3N2O2/c27-26(28,29)21-9-7-18(8-10-21)22(19-12-15-33-16-13-19)4-2-6-25(32)31-24-5-1-3-20-17-30-14-11-23(20)24/h1-12,14,17H,13,15-16H2,(H,31,32). The van der Waals surface area contributed by atoms with Crippen molar-refractivity contribution in [3.8, 4) is 0 Å². The first-order chi connectivity index (χ1) is 15.9. The van der Waals surface area contributed by atoms with Crippen LogP contribution in [0.5, 0.6) is 0 Å². The minimum atomic E-state index is -4.39. The molecule has 0 spiro atoms. The Bertz CT molecular complexity index is 1240. The normalized spacial score (nSPS) is 15.0. The Balaban J connectivity index is 1.57. The number of pyridine rings is 1. The average molecular weight is 450 g/mol. The van der Waals surface area contributed by atoms with Crippen molar-refractivity contribution in [2.24, 2.45) is 0 Å². The van der Waals surface area contributed by atoms with Crippen LogP contribution in [-0.4, -0.2) is 24.1 Å². The van der Waals surface area contributed by atoms with Crippen LogP contribution in [0.4, 0.5) is 18.9 Å². The van der Waals surface area contributed by atoms with Crippen molar-refractivity contribution in [2.75, 3.05) is 18.5 Å². The summed E-state index contributed by atoms with van der Waals surface area (Å²) < 4.78 is 44.2. The number of aromatic nitrogens is 1. The van der Waals surface area contributed by atoms with Gasteiger partial charge in [-0.25, -0.2) is 0 Å². The largest absolute Gasteiger partial charge is 0.416 e. The number of alkyl halides is 3. The van der Waals surface area contributed by atoms with Crippen molar-refractivity contribution in [1.29, 1.82) is 0 Å². The van der Waals surface area contributed by atoms with Gasteiger partial charge in [-0.2, -0.15) is 13.2 Å². The number of halogens is 3. The number of hydrogen-bond acceptors (Lipinski definition) is 3. The number of anilines is 1. The fraction of sp³-hybridized carbons (Fsp3) is 0.154. The first kappa shape index (κ1) is 22.5. The van der Waals surface area contributed by atoms with Gasteiger partial charge in [0.1, 0.15) is 0 Å². The van der Waals surface area contributed by atoms with Crippen molar-refractivity contribution in [2.45, 2.75) is 12.6 Å². The van der Waals surface area contributed by atoms with Gasteiger partial charge >= 0.3 is 6.18 Å². The molecule has 33 heavy (non-hydrogen) atoms. The zero-order chi connectivity index (χ0) is 23.3. The lowest BCUT2D eigenvalue weighted by Gasteiger charge is -2.17. The third-order valence-electron chi connectivity index (χ3n) is 5.28. The third-order valence-corrected chi connectivity index (χ3v) is 5.28. The molecule has 0 unspecified atom stereocenters. The maximum absolute atomic E-state index is 12.9. The number of rotatable bonds is 5. The summed E-state index contributed by atoms with van der Waals surface area (Å²) in [6.07, 6.45) is 6.27. The van der Waals surface area contributed by atoms with Crippen molar-refractivity contribution in [3.63, 3.8) is 0 Å². The molecule has 1 N–H and O–H groups in total. The Morgan fingerprint density at radius 1 is 1.09 bits per heavy atom. The maximum Gasteiger partial charge on any atom is 0.416 e. The summed E-state index contributed by atoms with van der Waals surface area (Å²) in [5.74, 6) is -0.316. The topological polar surface area (TPSA) is 51.2 Å². The van der Waals surface area contributed by atoms with Crippen LogP contribution < -0.4 is 5.32 Å². The Hall–Kier alpha value is -3.71. The number of carbonyl (C=O) groups is 1. The third kappa shape index (κ3) is 5.56. The van der Waals surface area contributed by atoms with E-state index >= 15 is 0 Å². The van der Waals surface area contributed by atoms with Crippen molar-refractivity contribution >= 4 is 27.9 Å². The second-order valence-corrected chi connectivity index (χ2v) is 7.46. The molecular formula is C26H21F3N2O2. The smallest absolute Gasteiger partial charge is 0.377 e. The minimum Gasteiger partial charge on any atom is -0.377 e. The fourth-order valence-corrected chi connectivity index (χ4v) is 3.64. The number of allylic oxidation sites excluding steroid dienone is 3. The van der Waals surface area contributed by atoms with Crippen LogP contribution in [0, 0.1) is 0 Å². The summed E-state index contributed by atoms with van der Waals surface area (Å²) >= 11 is 0. The number of fused-ring (bicyclic) bond motifs is 1. The molecule has 0 bridgehead atoms. The second kappa shape index (κ2) is 9.83. The van der Waals surface area contributed by atoms with Crippen LogP contribution in [0.25, 0.3) is 16.3 Å². The quantitative estimate of drug-likeness (QED) is 0.373. The van der Waals surface area contributed by atoms with Crippen molar-refractivity contribution in [3.05, 3.63) is 102 Å². The number of amides is 1. The van der Waals surface area contributed by atoms with E-state index in [9.17, 15) is 18.0 Å². The highest BCUT2D eigenvalue weighted by Crippen LogP contribution is 2.32. The molecule has 4 rings (SSSR count). The fourth-order valence-electron chi connectivity index (χ4n) is 3.64. The first-order valence-electron chi connectivity index (χ1n) is 10.4.